The Morgan fingerprint density at radius 3 is 2.54 bits per heavy atom. The van der Waals surface area contributed by atoms with Crippen LogP contribution >= 0.6 is 0 Å². The van der Waals surface area contributed by atoms with Crippen molar-refractivity contribution in [1.82, 2.24) is 4.90 Å². The van der Waals surface area contributed by atoms with Gasteiger partial charge in [0.15, 0.2) is 0 Å². The van der Waals surface area contributed by atoms with Crippen LogP contribution in [0.15, 0.2) is 48.5 Å². The van der Waals surface area contributed by atoms with E-state index in [-0.39, 0.29) is 17.6 Å². The molecule has 4 nitrogen and oxygen atoms in total. The van der Waals surface area contributed by atoms with Crippen molar-refractivity contribution in [1.29, 1.82) is 0 Å². The fourth-order valence-corrected chi connectivity index (χ4v) is 3.91. The van der Waals surface area contributed by atoms with Gasteiger partial charge in [-0.05, 0) is 30.2 Å². The summed E-state index contributed by atoms with van der Waals surface area (Å²) < 4.78 is 19.5. The van der Waals surface area contributed by atoms with E-state index < -0.39 is 0 Å². The first kappa shape index (κ1) is 17.0. The summed E-state index contributed by atoms with van der Waals surface area (Å²) in [4.78, 5) is 17.2. The van der Waals surface area contributed by atoms with Crippen LogP contribution in [-0.2, 0) is 4.74 Å². The lowest BCUT2D eigenvalue weighted by molar-refractivity contribution is 0.0790. The zero-order valence-electron chi connectivity index (χ0n) is 14.7. The largest absolute Gasteiger partial charge is 0.378 e. The van der Waals surface area contributed by atoms with Crippen molar-refractivity contribution >= 4 is 11.6 Å². The minimum Gasteiger partial charge on any atom is -0.378 e. The monoisotopic (exact) mass is 354 g/mol. The second kappa shape index (κ2) is 7.46. The Labute approximate surface area is 153 Å². The highest BCUT2D eigenvalue weighted by molar-refractivity contribution is 6.00. The Kier molecular flexibility index (Phi) is 4.89. The fourth-order valence-electron chi connectivity index (χ4n) is 3.91. The van der Waals surface area contributed by atoms with Crippen molar-refractivity contribution in [2.75, 3.05) is 44.3 Å². The molecule has 0 bridgehead atoms. The lowest BCUT2D eigenvalue weighted by atomic mass is 9.98. The topological polar surface area (TPSA) is 32.8 Å². The molecule has 4 rings (SSSR count). The van der Waals surface area contributed by atoms with Gasteiger partial charge in [-0.1, -0.05) is 30.3 Å². The van der Waals surface area contributed by atoms with Crippen molar-refractivity contribution in [2.45, 2.75) is 12.3 Å². The molecule has 136 valence electrons. The lowest BCUT2D eigenvalue weighted by Crippen LogP contribution is -2.38. The summed E-state index contributed by atoms with van der Waals surface area (Å²) in [6, 6.07) is 14.6. The number of amides is 1. The molecule has 2 saturated heterocycles. The van der Waals surface area contributed by atoms with Crippen molar-refractivity contribution in [3.8, 4) is 0 Å². The van der Waals surface area contributed by atoms with Crippen LogP contribution in [0, 0.1) is 5.82 Å². The number of ether oxygens (including phenoxy) is 1. The Balaban J connectivity index is 1.53. The number of nitrogens with zero attached hydrogens (tertiary/aromatic N) is 2. The molecule has 2 aromatic rings. The fraction of sp³-hybridized carbons (Fsp3) is 0.381. The van der Waals surface area contributed by atoms with Crippen LogP contribution in [-0.4, -0.2) is 50.2 Å². The molecule has 5 heteroatoms. The quantitative estimate of drug-likeness (QED) is 0.848. The van der Waals surface area contributed by atoms with Gasteiger partial charge >= 0.3 is 0 Å². The normalized spacial score (nSPS) is 20.4. The predicted molar refractivity (Wildman–Crippen MR) is 99.1 cm³/mol. The molecule has 0 aliphatic carbocycles. The van der Waals surface area contributed by atoms with Crippen LogP contribution in [0.1, 0.15) is 28.3 Å². The van der Waals surface area contributed by atoms with E-state index in [9.17, 15) is 9.18 Å². The minimum atomic E-state index is -0.180. The van der Waals surface area contributed by atoms with Crippen molar-refractivity contribution in [3.63, 3.8) is 0 Å². The maximum atomic E-state index is 14.1. The summed E-state index contributed by atoms with van der Waals surface area (Å²) in [5.41, 5.74) is 2.41. The number of carbonyl (C=O) groups is 1. The molecule has 0 spiro atoms. The summed E-state index contributed by atoms with van der Waals surface area (Å²) in [6.07, 6.45) is 0.798. The molecule has 0 unspecified atom stereocenters. The molecule has 1 amide bonds. The summed E-state index contributed by atoms with van der Waals surface area (Å²) in [6.45, 7) is 4.18. The summed E-state index contributed by atoms with van der Waals surface area (Å²) >= 11 is 0. The van der Waals surface area contributed by atoms with E-state index in [2.05, 4.69) is 4.90 Å². The molecule has 2 aliphatic rings. The third kappa shape index (κ3) is 3.31. The average Bonchev–Trinajstić information content (AvgIpc) is 3.18. The smallest absolute Gasteiger partial charge is 0.255 e. The van der Waals surface area contributed by atoms with Crippen LogP contribution in [0.3, 0.4) is 0 Å². The van der Waals surface area contributed by atoms with Crippen LogP contribution in [0.2, 0.25) is 0 Å². The molecule has 2 aliphatic heterocycles. The molecule has 26 heavy (non-hydrogen) atoms. The highest BCUT2D eigenvalue weighted by atomic mass is 19.1. The molecular weight excluding hydrogens is 331 g/mol. The van der Waals surface area contributed by atoms with E-state index in [1.807, 2.05) is 41.3 Å². The Bertz CT molecular complexity index is 789. The number of hydrogen-bond acceptors (Lipinski definition) is 3. The molecule has 0 N–H and O–H groups in total. The number of halogens is 1. The first-order chi connectivity index (χ1) is 12.7. The average molecular weight is 354 g/mol. The maximum Gasteiger partial charge on any atom is 0.255 e. The number of rotatable bonds is 3. The molecular formula is C21H23FN2O2. The number of morpholine rings is 1. The molecule has 0 radical (unpaired) electrons. The van der Waals surface area contributed by atoms with Gasteiger partial charge in [-0.3, -0.25) is 4.79 Å². The number of hydrogen-bond donors (Lipinski definition) is 0. The predicted octanol–water partition coefficient (Wildman–Crippen LogP) is 3.29. The van der Waals surface area contributed by atoms with Crippen LogP contribution in [0.25, 0.3) is 0 Å². The van der Waals surface area contributed by atoms with Gasteiger partial charge in [0.25, 0.3) is 5.91 Å². The first-order valence-corrected chi connectivity index (χ1v) is 9.19. The first-order valence-electron chi connectivity index (χ1n) is 9.19. The molecule has 2 aromatic carbocycles. The van der Waals surface area contributed by atoms with Gasteiger partial charge in [0, 0.05) is 37.8 Å². The van der Waals surface area contributed by atoms with E-state index in [0.29, 0.717) is 31.9 Å². The van der Waals surface area contributed by atoms with E-state index in [0.717, 1.165) is 30.8 Å². The van der Waals surface area contributed by atoms with Crippen LogP contribution in [0.5, 0.6) is 0 Å². The van der Waals surface area contributed by atoms with E-state index in [4.69, 9.17) is 4.74 Å². The summed E-state index contributed by atoms with van der Waals surface area (Å²) in [5, 5.41) is 0. The standard InChI is InChI=1S/C21H23FN2O2/c22-19-7-3-1-5-17(19)16-9-10-24(15-16)21(25)18-6-2-4-8-20(18)23-11-13-26-14-12-23/h1-8,16H,9-15H2/t16-/m0/s1. The van der Waals surface area contributed by atoms with E-state index in [1.165, 1.54) is 6.07 Å². The van der Waals surface area contributed by atoms with Gasteiger partial charge in [-0.2, -0.15) is 0 Å². The number of para-hydroxylation sites is 1. The minimum absolute atomic E-state index is 0.0333. The van der Waals surface area contributed by atoms with Crippen LogP contribution in [0.4, 0.5) is 10.1 Å². The second-order valence-electron chi connectivity index (χ2n) is 6.87. The third-order valence-corrected chi connectivity index (χ3v) is 5.31. The molecule has 0 saturated carbocycles. The SMILES string of the molecule is O=C(c1ccccc1N1CCOCC1)N1CC[C@H](c2ccccc2F)C1. The second-order valence-corrected chi connectivity index (χ2v) is 6.87. The van der Waals surface area contributed by atoms with Crippen molar-refractivity contribution < 1.29 is 13.9 Å². The Hall–Kier alpha value is -2.40. The zero-order chi connectivity index (χ0) is 17.9. The number of likely N-dealkylation sites (tertiary alicyclic amines) is 1. The van der Waals surface area contributed by atoms with E-state index >= 15 is 0 Å². The molecule has 2 fully saturated rings. The zero-order valence-corrected chi connectivity index (χ0v) is 14.7. The van der Waals surface area contributed by atoms with Crippen LogP contribution < -0.4 is 4.90 Å². The molecule has 2 heterocycles. The summed E-state index contributed by atoms with van der Waals surface area (Å²) in [7, 11) is 0. The highest BCUT2D eigenvalue weighted by Gasteiger charge is 2.31. The Morgan fingerprint density at radius 1 is 1.00 bits per heavy atom. The molecule has 0 aromatic heterocycles. The van der Waals surface area contributed by atoms with Crippen molar-refractivity contribution in [3.05, 3.63) is 65.5 Å². The Morgan fingerprint density at radius 2 is 1.73 bits per heavy atom. The van der Waals surface area contributed by atoms with Gasteiger partial charge in [0.1, 0.15) is 5.82 Å². The van der Waals surface area contributed by atoms with Gasteiger partial charge < -0.3 is 14.5 Å². The van der Waals surface area contributed by atoms with Gasteiger partial charge in [0.2, 0.25) is 0 Å². The number of anilines is 1. The maximum absolute atomic E-state index is 14.1. The molecule has 1 atom stereocenters. The number of benzene rings is 2. The lowest BCUT2D eigenvalue weighted by Gasteiger charge is -2.31. The summed E-state index contributed by atoms with van der Waals surface area (Å²) in [5.74, 6) is -0.0813. The van der Waals surface area contributed by atoms with Crippen molar-refractivity contribution in [2.24, 2.45) is 0 Å². The third-order valence-electron chi connectivity index (χ3n) is 5.31. The highest BCUT2D eigenvalue weighted by Crippen LogP contribution is 2.31. The van der Waals surface area contributed by atoms with Gasteiger partial charge in [-0.15, -0.1) is 0 Å². The van der Waals surface area contributed by atoms with Gasteiger partial charge in [-0.25, -0.2) is 4.39 Å². The van der Waals surface area contributed by atoms with E-state index in [1.54, 1.807) is 6.07 Å². The van der Waals surface area contributed by atoms with Gasteiger partial charge in [0.05, 0.1) is 18.8 Å². The number of carbonyl (C=O) groups excluding carboxylic acids is 1.